The van der Waals surface area contributed by atoms with E-state index in [1.807, 2.05) is 0 Å². The van der Waals surface area contributed by atoms with E-state index < -0.39 is 5.82 Å². The van der Waals surface area contributed by atoms with Crippen LogP contribution in [0.1, 0.15) is 0 Å². The second kappa shape index (κ2) is 5.26. The third-order valence-corrected chi connectivity index (χ3v) is 3.17. The first kappa shape index (κ1) is 12.0. The summed E-state index contributed by atoms with van der Waals surface area (Å²) in [5.74, 6) is 4.71. The van der Waals surface area contributed by atoms with Crippen molar-refractivity contribution >= 4 is 29.3 Å². The van der Waals surface area contributed by atoms with Gasteiger partial charge in [-0.25, -0.2) is 25.2 Å². The van der Waals surface area contributed by atoms with Crippen LogP contribution in [-0.2, 0) is 0 Å². The van der Waals surface area contributed by atoms with Crippen LogP contribution in [0.5, 0.6) is 0 Å². The topological polar surface area (TPSA) is 76.7 Å². The molecular formula is C9H7ClFN5S. The number of hydrazine groups is 1. The predicted octanol–water partition coefficient (Wildman–Crippen LogP) is 2.10. The molecule has 5 nitrogen and oxygen atoms in total. The fourth-order valence-corrected chi connectivity index (χ4v) is 2.01. The first-order valence-corrected chi connectivity index (χ1v) is 5.67. The Hall–Kier alpha value is -1.44. The standard InChI is InChI=1S/C9H7ClFN5S/c10-5-2-1-3-13-7(5)17-8-6(11)4-14-9(15-8)16-12/h1-4H,12H2,(H,14,15,16). The second-order valence-corrected chi connectivity index (χ2v) is 4.27. The first-order chi connectivity index (χ1) is 8.20. The summed E-state index contributed by atoms with van der Waals surface area (Å²) >= 11 is 6.92. The molecule has 0 radical (unpaired) electrons. The molecule has 0 aliphatic rings. The number of nitrogen functional groups attached to an aromatic ring is 1. The molecule has 2 aromatic rings. The van der Waals surface area contributed by atoms with Crippen LogP contribution in [0.25, 0.3) is 0 Å². The van der Waals surface area contributed by atoms with E-state index in [1.54, 1.807) is 18.3 Å². The van der Waals surface area contributed by atoms with Crippen molar-refractivity contribution in [2.45, 2.75) is 10.1 Å². The molecule has 0 amide bonds. The predicted molar refractivity (Wildman–Crippen MR) is 63.2 cm³/mol. The Balaban J connectivity index is 2.32. The lowest BCUT2D eigenvalue weighted by Gasteiger charge is -2.04. The highest BCUT2D eigenvalue weighted by atomic mass is 35.5. The summed E-state index contributed by atoms with van der Waals surface area (Å²) < 4.78 is 13.4. The number of nitrogens with one attached hydrogen (secondary N) is 1. The molecule has 0 atom stereocenters. The molecule has 3 N–H and O–H groups in total. The Labute approximate surface area is 106 Å². The number of pyridine rings is 1. The van der Waals surface area contributed by atoms with Gasteiger partial charge < -0.3 is 0 Å². The molecular weight excluding hydrogens is 265 g/mol. The Morgan fingerprint density at radius 1 is 1.35 bits per heavy atom. The normalized spacial score (nSPS) is 10.3. The van der Waals surface area contributed by atoms with Crippen LogP contribution in [0.15, 0.2) is 34.6 Å². The van der Waals surface area contributed by atoms with E-state index in [2.05, 4.69) is 20.4 Å². The minimum Gasteiger partial charge on any atom is -0.292 e. The van der Waals surface area contributed by atoms with Gasteiger partial charge in [0, 0.05) is 6.20 Å². The number of halogens is 2. The molecule has 17 heavy (non-hydrogen) atoms. The molecule has 0 aliphatic heterocycles. The summed E-state index contributed by atoms with van der Waals surface area (Å²) in [5.41, 5.74) is 2.24. The van der Waals surface area contributed by atoms with Crippen molar-refractivity contribution in [2.75, 3.05) is 5.43 Å². The highest BCUT2D eigenvalue weighted by Crippen LogP contribution is 2.31. The molecule has 0 spiro atoms. The largest absolute Gasteiger partial charge is 0.292 e. The second-order valence-electron chi connectivity index (χ2n) is 2.88. The van der Waals surface area contributed by atoms with Crippen molar-refractivity contribution < 1.29 is 4.39 Å². The smallest absolute Gasteiger partial charge is 0.238 e. The van der Waals surface area contributed by atoms with E-state index in [0.29, 0.717) is 10.0 Å². The van der Waals surface area contributed by atoms with Crippen molar-refractivity contribution in [2.24, 2.45) is 5.84 Å². The zero-order valence-electron chi connectivity index (χ0n) is 8.39. The molecule has 0 saturated heterocycles. The number of hydrogen-bond acceptors (Lipinski definition) is 6. The lowest BCUT2D eigenvalue weighted by atomic mass is 10.5. The number of rotatable bonds is 3. The zero-order chi connectivity index (χ0) is 12.3. The summed E-state index contributed by atoms with van der Waals surface area (Å²) in [4.78, 5) is 11.5. The van der Waals surface area contributed by atoms with Crippen molar-refractivity contribution in [3.05, 3.63) is 35.4 Å². The summed E-state index contributed by atoms with van der Waals surface area (Å²) in [6.07, 6.45) is 2.59. The van der Waals surface area contributed by atoms with E-state index >= 15 is 0 Å². The van der Waals surface area contributed by atoms with Gasteiger partial charge in [-0.3, -0.25) is 5.43 Å². The monoisotopic (exact) mass is 271 g/mol. The molecule has 0 bridgehead atoms. The van der Waals surface area contributed by atoms with Gasteiger partial charge in [-0.05, 0) is 23.9 Å². The van der Waals surface area contributed by atoms with Crippen molar-refractivity contribution in [3.63, 3.8) is 0 Å². The fraction of sp³-hybridized carbons (Fsp3) is 0. The molecule has 2 heterocycles. The van der Waals surface area contributed by atoms with Crippen LogP contribution >= 0.6 is 23.4 Å². The zero-order valence-corrected chi connectivity index (χ0v) is 9.96. The minimum atomic E-state index is -0.560. The maximum atomic E-state index is 13.4. The molecule has 0 unspecified atom stereocenters. The maximum absolute atomic E-state index is 13.4. The van der Waals surface area contributed by atoms with Gasteiger partial charge in [-0.1, -0.05) is 11.6 Å². The van der Waals surface area contributed by atoms with Gasteiger partial charge in [0.1, 0.15) is 10.1 Å². The molecule has 0 aliphatic carbocycles. The molecule has 2 aromatic heterocycles. The molecule has 88 valence electrons. The molecule has 0 saturated carbocycles. The van der Waals surface area contributed by atoms with Crippen LogP contribution < -0.4 is 11.3 Å². The third-order valence-electron chi connectivity index (χ3n) is 1.76. The van der Waals surface area contributed by atoms with Crippen molar-refractivity contribution in [1.82, 2.24) is 15.0 Å². The SMILES string of the molecule is NNc1ncc(F)c(Sc2ncccc2Cl)n1. The van der Waals surface area contributed by atoms with E-state index in [-0.39, 0.29) is 11.0 Å². The van der Waals surface area contributed by atoms with Gasteiger partial charge in [0.2, 0.25) is 5.95 Å². The molecule has 2 rings (SSSR count). The lowest BCUT2D eigenvalue weighted by molar-refractivity contribution is 0.580. The van der Waals surface area contributed by atoms with Crippen LogP contribution in [0.3, 0.4) is 0 Å². The molecule has 0 aromatic carbocycles. The van der Waals surface area contributed by atoms with Gasteiger partial charge in [0.05, 0.1) is 11.2 Å². The Kier molecular flexibility index (Phi) is 3.72. The van der Waals surface area contributed by atoms with E-state index in [1.165, 1.54) is 0 Å². The number of nitrogens with zero attached hydrogens (tertiary/aromatic N) is 3. The third kappa shape index (κ3) is 2.82. The number of aromatic nitrogens is 3. The fourth-order valence-electron chi connectivity index (χ4n) is 1.03. The minimum absolute atomic E-state index is 0.105. The van der Waals surface area contributed by atoms with E-state index in [9.17, 15) is 4.39 Å². The van der Waals surface area contributed by atoms with Gasteiger partial charge in [0.15, 0.2) is 5.82 Å². The average molecular weight is 272 g/mol. The van der Waals surface area contributed by atoms with Crippen LogP contribution in [0.4, 0.5) is 10.3 Å². The Morgan fingerprint density at radius 3 is 2.88 bits per heavy atom. The lowest BCUT2D eigenvalue weighted by Crippen LogP contribution is -2.11. The van der Waals surface area contributed by atoms with Crippen molar-refractivity contribution in [3.8, 4) is 0 Å². The Bertz CT molecular complexity index is 539. The summed E-state index contributed by atoms with van der Waals surface area (Å²) in [7, 11) is 0. The number of nitrogens with two attached hydrogens (primary N) is 1. The van der Waals surface area contributed by atoms with Crippen LogP contribution in [-0.4, -0.2) is 15.0 Å². The first-order valence-electron chi connectivity index (χ1n) is 4.48. The summed E-state index contributed by atoms with van der Waals surface area (Å²) in [5, 5.41) is 1.00. The van der Waals surface area contributed by atoms with Crippen LogP contribution in [0, 0.1) is 5.82 Å². The van der Waals surface area contributed by atoms with Gasteiger partial charge >= 0.3 is 0 Å². The average Bonchev–Trinajstić information content (AvgIpc) is 2.35. The highest BCUT2D eigenvalue weighted by Gasteiger charge is 2.11. The number of hydrogen-bond donors (Lipinski definition) is 2. The maximum Gasteiger partial charge on any atom is 0.238 e. The van der Waals surface area contributed by atoms with Crippen molar-refractivity contribution in [1.29, 1.82) is 0 Å². The molecule has 0 fully saturated rings. The van der Waals surface area contributed by atoms with Gasteiger partial charge in [-0.15, -0.1) is 0 Å². The molecule has 8 heteroatoms. The quantitative estimate of drug-likeness (QED) is 0.506. The highest BCUT2D eigenvalue weighted by molar-refractivity contribution is 7.99. The van der Waals surface area contributed by atoms with Crippen LogP contribution in [0.2, 0.25) is 5.02 Å². The van der Waals surface area contributed by atoms with E-state index in [0.717, 1.165) is 18.0 Å². The summed E-state index contributed by atoms with van der Waals surface area (Å²) in [6, 6.07) is 3.35. The van der Waals surface area contributed by atoms with E-state index in [4.69, 9.17) is 17.4 Å². The summed E-state index contributed by atoms with van der Waals surface area (Å²) in [6.45, 7) is 0. The van der Waals surface area contributed by atoms with Gasteiger partial charge in [-0.2, -0.15) is 0 Å². The number of anilines is 1. The van der Waals surface area contributed by atoms with Gasteiger partial charge in [0.25, 0.3) is 0 Å². The Morgan fingerprint density at radius 2 is 2.18 bits per heavy atom.